The van der Waals surface area contributed by atoms with Crippen LogP contribution in [0.3, 0.4) is 0 Å². The van der Waals surface area contributed by atoms with Crippen molar-refractivity contribution in [3.05, 3.63) is 35.9 Å². The molecule has 2 amide bonds. The molecular weight excluding hydrogens is 444 g/mol. The number of benzene rings is 1. The van der Waals surface area contributed by atoms with Crippen LogP contribution in [0.15, 0.2) is 30.3 Å². The van der Waals surface area contributed by atoms with Crippen LogP contribution in [0.25, 0.3) is 0 Å². The van der Waals surface area contributed by atoms with Crippen LogP contribution < -0.4 is 0 Å². The fourth-order valence-electron chi connectivity index (χ4n) is 5.66. The van der Waals surface area contributed by atoms with Crippen LogP contribution in [0, 0.1) is 5.41 Å². The molecular formula is C25H33F2N3O4. The molecule has 9 heteroatoms. The number of rotatable bonds is 5. The smallest absolute Gasteiger partial charge is 0.410 e. The lowest BCUT2D eigenvalue weighted by Crippen LogP contribution is -2.68. The van der Waals surface area contributed by atoms with E-state index in [0.29, 0.717) is 58.5 Å². The summed E-state index contributed by atoms with van der Waals surface area (Å²) in [6.07, 6.45) is 1.88. The van der Waals surface area contributed by atoms with Gasteiger partial charge in [0.1, 0.15) is 12.6 Å². The van der Waals surface area contributed by atoms with E-state index in [4.69, 9.17) is 9.47 Å². The predicted molar refractivity (Wildman–Crippen MR) is 120 cm³/mol. The second kappa shape index (κ2) is 9.07. The van der Waals surface area contributed by atoms with Gasteiger partial charge in [-0.2, -0.15) is 0 Å². The van der Waals surface area contributed by atoms with Crippen LogP contribution in [-0.2, 0) is 20.9 Å². The van der Waals surface area contributed by atoms with Crippen molar-refractivity contribution < 1.29 is 27.8 Å². The molecule has 34 heavy (non-hydrogen) atoms. The maximum absolute atomic E-state index is 14.6. The van der Waals surface area contributed by atoms with Crippen molar-refractivity contribution in [2.24, 2.45) is 5.41 Å². The Morgan fingerprint density at radius 2 is 1.94 bits per heavy atom. The summed E-state index contributed by atoms with van der Waals surface area (Å²) in [6.45, 7) is 3.92. The van der Waals surface area contributed by atoms with Crippen LogP contribution in [0.5, 0.6) is 0 Å². The third kappa shape index (κ3) is 4.40. The van der Waals surface area contributed by atoms with Crippen molar-refractivity contribution in [3.63, 3.8) is 0 Å². The van der Waals surface area contributed by atoms with Gasteiger partial charge in [-0.3, -0.25) is 14.6 Å². The minimum atomic E-state index is -2.63. The Morgan fingerprint density at radius 1 is 1.18 bits per heavy atom. The highest BCUT2D eigenvalue weighted by Crippen LogP contribution is 2.61. The third-order valence-electron chi connectivity index (χ3n) is 8.07. The van der Waals surface area contributed by atoms with Gasteiger partial charge in [0.2, 0.25) is 5.91 Å². The molecule has 4 aliphatic rings. The minimum Gasteiger partial charge on any atom is -0.445 e. The van der Waals surface area contributed by atoms with E-state index < -0.39 is 23.5 Å². The molecule has 1 saturated carbocycles. The Kier molecular flexibility index (Phi) is 6.27. The highest BCUT2D eigenvalue weighted by atomic mass is 19.3. The first-order chi connectivity index (χ1) is 16.3. The number of fused-ring (bicyclic) bond motifs is 1. The first-order valence-electron chi connectivity index (χ1n) is 12.3. The Hall–Kier alpha value is -2.26. The summed E-state index contributed by atoms with van der Waals surface area (Å²) in [5.74, 6) is -2.77. The van der Waals surface area contributed by atoms with Crippen LogP contribution in [0.2, 0.25) is 0 Å². The summed E-state index contributed by atoms with van der Waals surface area (Å²) < 4.78 is 40.3. The Labute approximate surface area is 199 Å². The fraction of sp³-hybridized carbons (Fsp3) is 0.680. The SMILES string of the molecule is CC1C(=O)N2C(CCN3CCC4(CC4)C(F)(F)C3)COCC2CN1C(=O)OCc1ccccc1. The lowest BCUT2D eigenvalue weighted by atomic mass is 9.89. The van der Waals surface area contributed by atoms with Gasteiger partial charge in [0.25, 0.3) is 5.92 Å². The molecule has 0 N–H and O–H groups in total. The van der Waals surface area contributed by atoms with E-state index >= 15 is 0 Å². The summed E-state index contributed by atoms with van der Waals surface area (Å²) in [7, 11) is 0. The second-order valence-electron chi connectivity index (χ2n) is 10.3. The van der Waals surface area contributed by atoms with Gasteiger partial charge < -0.3 is 14.4 Å². The number of alkyl halides is 2. The summed E-state index contributed by atoms with van der Waals surface area (Å²) in [5, 5.41) is 0. The maximum atomic E-state index is 14.6. The molecule has 1 spiro atoms. The number of likely N-dealkylation sites (tertiary alicyclic amines) is 1. The van der Waals surface area contributed by atoms with Crippen molar-refractivity contribution in [1.29, 1.82) is 0 Å². The number of amides is 2. The maximum Gasteiger partial charge on any atom is 0.410 e. The van der Waals surface area contributed by atoms with Gasteiger partial charge in [0, 0.05) is 18.5 Å². The molecule has 3 heterocycles. The van der Waals surface area contributed by atoms with E-state index in [1.54, 1.807) is 6.92 Å². The predicted octanol–water partition coefficient (Wildman–Crippen LogP) is 3.13. The summed E-state index contributed by atoms with van der Waals surface area (Å²) in [4.78, 5) is 31.2. The standard InChI is InChI=1S/C25H33F2N3O4/c1-18-22(31)30-20(7-11-28-12-10-24(8-9-24)25(26,27)17-28)15-33-16-21(30)13-29(18)23(32)34-14-19-5-3-2-4-6-19/h2-6,18,20-21H,7-17H2,1H3. The molecule has 4 fully saturated rings. The minimum absolute atomic E-state index is 0.137. The lowest BCUT2D eigenvalue weighted by molar-refractivity contribution is -0.162. The zero-order chi connectivity index (χ0) is 23.9. The monoisotopic (exact) mass is 477 g/mol. The van der Waals surface area contributed by atoms with Crippen molar-refractivity contribution >= 4 is 12.0 Å². The topological polar surface area (TPSA) is 62.3 Å². The molecule has 1 aromatic carbocycles. The number of halogens is 2. The summed E-state index contributed by atoms with van der Waals surface area (Å²) >= 11 is 0. The molecule has 0 radical (unpaired) electrons. The van der Waals surface area contributed by atoms with Crippen molar-refractivity contribution in [2.75, 3.05) is 39.4 Å². The molecule has 1 aliphatic carbocycles. The number of hydrogen-bond donors (Lipinski definition) is 0. The van der Waals surface area contributed by atoms with Crippen LogP contribution in [0.1, 0.15) is 38.2 Å². The highest BCUT2D eigenvalue weighted by molar-refractivity contribution is 5.87. The number of piperazine rings is 1. The van der Waals surface area contributed by atoms with E-state index in [-0.39, 0.29) is 31.1 Å². The third-order valence-corrected chi connectivity index (χ3v) is 8.07. The van der Waals surface area contributed by atoms with Crippen LogP contribution in [-0.4, -0.2) is 90.1 Å². The number of piperidine rings is 1. The van der Waals surface area contributed by atoms with E-state index in [2.05, 4.69) is 0 Å². The number of hydrogen-bond acceptors (Lipinski definition) is 5. The molecule has 5 rings (SSSR count). The Bertz CT molecular complexity index is 911. The average Bonchev–Trinajstić information content (AvgIpc) is 3.63. The number of carbonyl (C=O) groups is 2. The van der Waals surface area contributed by atoms with E-state index in [1.165, 1.54) is 4.90 Å². The largest absolute Gasteiger partial charge is 0.445 e. The second-order valence-corrected chi connectivity index (χ2v) is 10.3. The average molecular weight is 478 g/mol. The zero-order valence-electron chi connectivity index (χ0n) is 19.6. The number of ether oxygens (including phenoxy) is 2. The molecule has 3 unspecified atom stereocenters. The Morgan fingerprint density at radius 3 is 2.65 bits per heavy atom. The molecule has 1 aromatic rings. The Balaban J connectivity index is 1.17. The van der Waals surface area contributed by atoms with Gasteiger partial charge in [-0.1, -0.05) is 30.3 Å². The van der Waals surface area contributed by atoms with Gasteiger partial charge in [-0.15, -0.1) is 0 Å². The van der Waals surface area contributed by atoms with Crippen molar-refractivity contribution in [3.8, 4) is 0 Å². The molecule has 3 saturated heterocycles. The van der Waals surface area contributed by atoms with E-state index in [0.717, 1.165) is 5.56 Å². The molecule has 3 atom stereocenters. The normalized spacial score (nSPS) is 30.2. The number of carbonyl (C=O) groups excluding carboxylic acids is 2. The first kappa shape index (κ1) is 23.5. The zero-order valence-corrected chi connectivity index (χ0v) is 19.6. The molecule has 0 aromatic heterocycles. The summed E-state index contributed by atoms with van der Waals surface area (Å²) in [5.41, 5.74) is 0.129. The molecule has 186 valence electrons. The quantitative estimate of drug-likeness (QED) is 0.652. The first-order valence-corrected chi connectivity index (χ1v) is 12.3. The number of morpholine rings is 1. The van der Waals surface area contributed by atoms with Crippen molar-refractivity contribution in [2.45, 2.75) is 63.3 Å². The molecule has 0 bridgehead atoms. The summed E-state index contributed by atoms with van der Waals surface area (Å²) in [6, 6.07) is 8.32. The van der Waals surface area contributed by atoms with E-state index in [9.17, 15) is 18.4 Å². The van der Waals surface area contributed by atoms with Crippen molar-refractivity contribution in [1.82, 2.24) is 14.7 Å². The van der Waals surface area contributed by atoms with Gasteiger partial charge in [0.05, 0.1) is 31.8 Å². The highest BCUT2D eigenvalue weighted by Gasteiger charge is 2.63. The van der Waals surface area contributed by atoms with Gasteiger partial charge >= 0.3 is 6.09 Å². The van der Waals surface area contributed by atoms with Gasteiger partial charge in [-0.05, 0) is 44.7 Å². The van der Waals surface area contributed by atoms with Crippen LogP contribution in [0.4, 0.5) is 13.6 Å². The molecule has 7 nitrogen and oxygen atoms in total. The number of nitrogens with zero attached hydrogens (tertiary/aromatic N) is 3. The van der Waals surface area contributed by atoms with E-state index in [1.807, 2.05) is 40.1 Å². The van der Waals surface area contributed by atoms with Crippen LogP contribution >= 0.6 is 0 Å². The fourth-order valence-corrected chi connectivity index (χ4v) is 5.66. The molecule has 3 aliphatic heterocycles. The lowest BCUT2D eigenvalue weighted by Gasteiger charge is -2.50. The van der Waals surface area contributed by atoms with Gasteiger partial charge in [0.15, 0.2) is 0 Å². The van der Waals surface area contributed by atoms with Gasteiger partial charge in [-0.25, -0.2) is 13.6 Å².